The number of anilines is 1. The molecule has 6 unspecified atom stereocenters. The number of unbranched alkanes of at least 4 members (excludes halogenated alkanes) is 1. The van der Waals surface area contributed by atoms with Gasteiger partial charge in [-0.25, -0.2) is 0 Å². The fourth-order valence-electron chi connectivity index (χ4n) is 10.2. The molecule has 1 aromatic carbocycles. The summed E-state index contributed by atoms with van der Waals surface area (Å²) in [5.41, 5.74) is 2.73. The monoisotopic (exact) mass is 507 g/mol. The van der Waals surface area contributed by atoms with Crippen molar-refractivity contribution in [1.82, 2.24) is 0 Å². The molecule has 1 aromatic rings. The van der Waals surface area contributed by atoms with Gasteiger partial charge < -0.3 is 5.32 Å². The van der Waals surface area contributed by atoms with Crippen molar-refractivity contribution in [1.29, 1.82) is 0 Å². The summed E-state index contributed by atoms with van der Waals surface area (Å²) < 4.78 is 0. The van der Waals surface area contributed by atoms with Crippen molar-refractivity contribution in [2.24, 2.45) is 51.8 Å². The molecule has 4 aliphatic rings. The maximum absolute atomic E-state index is 4.06. The molecule has 0 amide bonds. The van der Waals surface area contributed by atoms with Crippen LogP contribution in [0, 0.1) is 51.8 Å². The van der Waals surface area contributed by atoms with Crippen LogP contribution in [-0.2, 0) is 0 Å². The lowest BCUT2D eigenvalue weighted by Crippen LogP contribution is -2.53. The number of fused-ring (bicyclic) bond motifs is 5. The number of nitrogens with one attached hydrogen (secondary N) is 1. The number of benzene rings is 1. The maximum Gasteiger partial charge on any atom is 0.0343 e. The van der Waals surface area contributed by atoms with E-state index in [0.29, 0.717) is 16.9 Å². The second kappa shape index (κ2) is 11.6. The topological polar surface area (TPSA) is 12.0 Å². The Kier molecular flexibility index (Phi) is 9.12. The molecule has 0 saturated heterocycles. The minimum Gasteiger partial charge on any atom is -0.381 e. The lowest BCUT2D eigenvalue weighted by atomic mass is 9.47. The van der Waals surface area contributed by atoms with Crippen LogP contribution >= 0.6 is 0 Å². The lowest BCUT2D eigenvalue weighted by Gasteiger charge is -2.58. The Hall–Kier alpha value is -0.980. The number of hydrogen-bond acceptors (Lipinski definition) is 1. The van der Waals surface area contributed by atoms with Crippen molar-refractivity contribution in [3.05, 3.63) is 30.3 Å². The molecule has 0 spiro atoms. The van der Waals surface area contributed by atoms with Crippen LogP contribution in [-0.4, -0.2) is 6.04 Å². The van der Waals surface area contributed by atoms with E-state index >= 15 is 0 Å². The molecule has 0 bridgehead atoms. The summed E-state index contributed by atoms with van der Waals surface area (Å²) in [5.74, 6) is 5.88. The van der Waals surface area contributed by atoms with Gasteiger partial charge >= 0.3 is 0 Å². The highest BCUT2D eigenvalue weighted by atomic mass is 15.0. The first kappa shape index (κ1) is 29.0. The first-order valence-electron chi connectivity index (χ1n) is 16.5. The van der Waals surface area contributed by atoms with E-state index in [9.17, 15) is 0 Å². The Morgan fingerprint density at radius 2 is 1.57 bits per heavy atom. The molecule has 4 saturated carbocycles. The van der Waals surface area contributed by atoms with Crippen molar-refractivity contribution in [2.45, 2.75) is 138 Å². The Balaban J connectivity index is 0.00000156. The van der Waals surface area contributed by atoms with E-state index in [1.807, 2.05) is 13.8 Å². The molecule has 0 aromatic heterocycles. The molecular weight excluding hydrogens is 446 g/mol. The Morgan fingerprint density at radius 1 is 0.865 bits per heavy atom. The van der Waals surface area contributed by atoms with Gasteiger partial charge in [0.15, 0.2) is 0 Å². The summed E-state index contributed by atoms with van der Waals surface area (Å²) >= 11 is 0. The molecule has 1 N–H and O–H groups in total. The van der Waals surface area contributed by atoms with Gasteiger partial charge in [0.25, 0.3) is 0 Å². The fraction of sp³-hybridized carbons (Fsp3) is 0.833. The van der Waals surface area contributed by atoms with Crippen LogP contribution < -0.4 is 5.32 Å². The van der Waals surface area contributed by atoms with Gasteiger partial charge in [0, 0.05) is 11.7 Å². The molecular formula is C36H61N. The van der Waals surface area contributed by atoms with Crippen LogP contribution in [0.1, 0.15) is 132 Å². The summed E-state index contributed by atoms with van der Waals surface area (Å²) in [6.45, 7) is 19.1. The molecule has 0 radical (unpaired) electrons. The fourth-order valence-corrected chi connectivity index (χ4v) is 10.2. The van der Waals surface area contributed by atoms with Crippen LogP contribution in [0.15, 0.2) is 30.3 Å². The molecule has 4 aliphatic carbocycles. The smallest absolute Gasteiger partial charge is 0.0343 e. The minimum absolute atomic E-state index is 0.263. The van der Waals surface area contributed by atoms with Gasteiger partial charge in [-0.15, -0.1) is 0 Å². The third-order valence-electron chi connectivity index (χ3n) is 12.0. The van der Waals surface area contributed by atoms with Crippen molar-refractivity contribution >= 4 is 5.69 Å². The van der Waals surface area contributed by atoms with Crippen LogP contribution in [0.2, 0.25) is 0 Å². The summed E-state index contributed by atoms with van der Waals surface area (Å²) in [7, 11) is 0. The molecule has 1 nitrogen and oxygen atoms in total. The third-order valence-corrected chi connectivity index (χ3v) is 12.0. The second-order valence-electron chi connectivity index (χ2n) is 15.2. The first-order chi connectivity index (χ1) is 17.6. The van der Waals surface area contributed by atoms with Gasteiger partial charge in [0.2, 0.25) is 0 Å². The normalized spacial score (nSPS) is 39.9. The standard InChI is InChI=1S/C34H55N.C2H6/c1-7-8-20-33(5)21-18-26-24(23-33)14-15-28-27(26)19-22-34(6)29(28)16-17-30(34)31(32(2,3)4)35-25-12-10-9-11-13-25;1-2/h9-13,24,26-31,35H,7-8,14-23H2,1-6H3;1-2H3/t24?,26?,27?,28?,29-,30?,31+,33+,34?;/m0./s1. The third kappa shape index (κ3) is 5.82. The first-order valence-corrected chi connectivity index (χ1v) is 16.5. The van der Waals surface area contributed by atoms with Crippen LogP contribution in [0.5, 0.6) is 0 Å². The highest BCUT2D eigenvalue weighted by Gasteiger charge is 2.59. The Morgan fingerprint density at radius 3 is 2.24 bits per heavy atom. The Labute approximate surface area is 231 Å². The average molecular weight is 508 g/mol. The molecule has 0 aliphatic heterocycles. The summed E-state index contributed by atoms with van der Waals surface area (Å²) in [4.78, 5) is 0. The summed E-state index contributed by atoms with van der Waals surface area (Å²) in [6.07, 6.45) is 17.8. The van der Waals surface area contributed by atoms with Crippen molar-refractivity contribution < 1.29 is 0 Å². The van der Waals surface area contributed by atoms with Gasteiger partial charge in [-0.05, 0) is 128 Å². The van der Waals surface area contributed by atoms with Gasteiger partial charge in [0.05, 0.1) is 0 Å². The number of rotatable bonds is 6. The molecule has 210 valence electrons. The van der Waals surface area contributed by atoms with Crippen molar-refractivity contribution in [3.63, 3.8) is 0 Å². The highest BCUT2D eigenvalue weighted by molar-refractivity contribution is 5.44. The molecule has 0 heterocycles. The van der Waals surface area contributed by atoms with E-state index in [1.165, 1.54) is 69.9 Å². The zero-order valence-electron chi connectivity index (χ0n) is 25.9. The zero-order valence-corrected chi connectivity index (χ0v) is 25.9. The van der Waals surface area contributed by atoms with Crippen LogP contribution in [0.4, 0.5) is 5.69 Å². The molecule has 5 rings (SSSR count). The van der Waals surface area contributed by atoms with Gasteiger partial charge in [0.1, 0.15) is 0 Å². The van der Waals surface area contributed by atoms with Crippen LogP contribution in [0.3, 0.4) is 0 Å². The van der Waals surface area contributed by atoms with Gasteiger partial charge in [-0.2, -0.15) is 0 Å². The summed E-state index contributed by atoms with van der Waals surface area (Å²) in [6, 6.07) is 11.6. The van der Waals surface area contributed by atoms with E-state index in [2.05, 4.69) is 77.2 Å². The number of para-hydroxylation sites is 1. The summed E-state index contributed by atoms with van der Waals surface area (Å²) in [5, 5.41) is 4.06. The molecule has 4 fully saturated rings. The predicted molar refractivity (Wildman–Crippen MR) is 163 cm³/mol. The van der Waals surface area contributed by atoms with Gasteiger partial charge in [-0.3, -0.25) is 0 Å². The van der Waals surface area contributed by atoms with E-state index in [4.69, 9.17) is 0 Å². The Bertz CT molecular complexity index is 838. The van der Waals surface area contributed by atoms with Crippen molar-refractivity contribution in [3.8, 4) is 0 Å². The van der Waals surface area contributed by atoms with E-state index in [0.717, 1.165) is 35.5 Å². The van der Waals surface area contributed by atoms with Gasteiger partial charge in [-0.1, -0.05) is 86.4 Å². The lowest BCUT2D eigenvalue weighted by molar-refractivity contribution is -0.0831. The average Bonchev–Trinajstić information content (AvgIpc) is 3.23. The van der Waals surface area contributed by atoms with E-state index in [-0.39, 0.29) is 5.41 Å². The largest absolute Gasteiger partial charge is 0.381 e. The number of hydrogen-bond donors (Lipinski definition) is 1. The molecule has 1 heteroatoms. The predicted octanol–water partition coefficient (Wildman–Crippen LogP) is 11.0. The zero-order chi connectivity index (χ0) is 26.8. The van der Waals surface area contributed by atoms with E-state index < -0.39 is 0 Å². The second-order valence-corrected chi connectivity index (χ2v) is 15.2. The van der Waals surface area contributed by atoms with Crippen molar-refractivity contribution in [2.75, 3.05) is 5.32 Å². The van der Waals surface area contributed by atoms with Crippen LogP contribution in [0.25, 0.3) is 0 Å². The quantitative estimate of drug-likeness (QED) is 0.403. The SMILES string of the molecule is CC.CCCC[C@]1(C)CCC2C(CCC3C2CCC2(C)C([C@@H](Nc4ccccc4)C(C)(C)C)CC[C@@H]32)C1. The minimum atomic E-state index is 0.263. The van der Waals surface area contributed by atoms with E-state index in [1.54, 1.807) is 12.8 Å². The molecule has 9 atom stereocenters. The molecule has 37 heavy (non-hydrogen) atoms. The highest BCUT2D eigenvalue weighted by Crippen LogP contribution is 2.66. The maximum atomic E-state index is 4.06.